The lowest BCUT2D eigenvalue weighted by Crippen LogP contribution is -2.47. The van der Waals surface area contributed by atoms with E-state index in [4.69, 9.17) is 0 Å². The number of carbonyl (C=O) groups is 1. The molecule has 2 N–H and O–H groups in total. The van der Waals surface area contributed by atoms with Gasteiger partial charge in [-0.25, -0.2) is 0 Å². The summed E-state index contributed by atoms with van der Waals surface area (Å²) in [6.45, 7) is 10.5. The average Bonchev–Trinajstić information content (AvgIpc) is 3.18. The second kappa shape index (κ2) is 6.23. The molecule has 1 aliphatic heterocycles. The lowest BCUT2D eigenvalue weighted by molar-refractivity contribution is -0.133. The number of likely N-dealkylation sites (tertiary alicyclic amines) is 1. The summed E-state index contributed by atoms with van der Waals surface area (Å²) in [5, 5.41) is 7.08. The Morgan fingerprint density at radius 3 is 2.26 bits per heavy atom. The zero-order valence-corrected chi connectivity index (χ0v) is 12.7. The standard InChI is InChI=1S/C15H29N3O/c1-15(2,3)17-9-8-16-13-6-10-18(11-7-13)14(19)12-4-5-12/h12-13,16-17H,4-11H2,1-3H3. The molecule has 0 spiro atoms. The topological polar surface area (TPSA) is 44.4 Å². The van der Waals surface area contributed by atoms with Crippen LogP contribution in [-0.4, -0.2) is 48.6 Å². The van der Waals surface area contributed by atoms with Crippen LogP contribution in [0.1, 0.15) is 46.5 Å². The van der Waals surface area contributed by atoms with E-state index >= 15 is 0 Å². The SMILES string of the molecule is CC(C)(C)NCCNC1CCN(C(=O)C2CC2)CC1. The van der Waals surface area contributed by atoms with Gasteiger partial charge in [-0.1, -0.05) is 0 Å². The van der Waals surface area contributed by atoms with Crippen molar-refractivity contribution in [3.63, 3.8) is 0 Å². The van der Waals surface area contributed by atoms with Gasteiger partial charge in [0.25, 0.3) is 0 Å². The molecule has 1 saturated heterocycles. The van der Waals surface area contributed by atoms with Crippen molar-refractivity contribution in [3.05, 3.63) is 0 Å². The van der Waals surface area contributed by atoms with E-state index in [0.717, 1.165) is 51.9 Å². The normalized spacial score (nSPS) is 21.7. The van der Waals surface area contributed by atoms with Gasteiger partial charge in [-0.05, 0) is 46.5 Å². The van der Waals surface area contributed by atoms with Crippen molar-refractivity contribution >= 4 is 5.91 Å². The fraction of sp³-hybridized carbons (Fsp3) is 0.933. The van der Waals surface area contributed by atoms with Crippen molar-refractivity contribution in [1.29, 1.82) is 0 Å². The zero-order valence-electron chi connectivity index (χ0n) is 12.7. The molecule has 110 valence electrons. The second-order valence-electron chi connectivity index (χ2n) is 7.00. The van der Waals surface area contributed by atoms with Crippen LogP contribution in [0.3, 0.4) is 0 Å². The van der Waals surface area contributed by atoms with Gasteiger partial charge >= 0.3 is 0 Å². The first-order valence-corrected chi connectivity index (χ1v) is 7.73. The molecule has 2 rings (SSSR count). The Balaban J connectivity index is 1.57. The van der Waals surface area contributed by atoms with E-state index in [2.05, 4.69) is 36.3 Å². The van der Waals surface area contributed by atoms with Crippen LogP contribution < -0.4 is 10.6 Å². The van der Waals surface area contributed by atoms with Crippen molar-refractivity contribution in [3.8, 4) is 0 Å². The summed E-state index contributed by atoms with van der Waals surface area (Å²) < 4.78 is 0. The Morgan fingerprint density at radius 2 is 1.74 bits per heavy atom. The molecular formula is C15H29N3O. The molecule has 2 aliphatic rings. The van der Waals surface area contributed by atoms with E-state index in [9.17, 15) is 4.79 Å². The first-order valence-electron chi connectivity index (χ1n) is 7.73. The summed E-state index contributed by atoms with van der Waals surface area (Å²) in [5.41, 5.74) is 0.196. The summed E-state index contributed by atoms with van der Waals surface area (Å²) >= 11 is 0. The molecule has 4 heteroatoms. The van der Waals surface area contributed by atoms with Crippen LogP contribution in [0.2, 0.25) is 0 Å². The quantitative estimate of drug-likeness (QED) is 0.739. The number of hydrogen-bond donors (Lipinski definition) is 2. The van der Waals surface area contributed by atoms with Crippen molar-refractivity contribution in [1.82, 2.24) is 15.5 Å². The maximum atomic E-state index is 11.9. The maximum absolute atomic E-state index is 11.9. The van der Waals surface area contributed by atoms with Gasteiger partial charge in [0.2, 0.25) is 5.91 Å². The van der Waals surface area contributed by atoms with Crippen molar-refractivity contribution in [2.75, 3.05) is 26.2 Å². The number of hydrogen-bond acceptors (Lipinski definition) is 3. The zero-order chi connectivity index (χ0) is 13.9. The molecule has 0 aromatic rings. The molecule has 0 aromatic heterocycles. The summed E-state index contributed by atoms with van der Waals surface area (Å²) in [6.07, 6.45) is 4.45. The Hall–Kier alpha value is -0.610. The second-order valence-corrected chi connectivity index (χ2v) is 7.00. The smallest absolute Gasteiger partial charge is 0.225 e. The Kier molecular flexibility index (Phi) is 4.85. The highest BCUT2D eigenvalue weighted by atomic mass is 16.2. The number of carbonyl (C=O) groups excluding carboxylic acids is 1. The molecule has 1 saturated carbocycles. The highest BCUT2D eigenvalue weighted by molar-refractivity contribution is 5.81. The van der Waals surface area contributed by atoms with Gasteiger partial charge in [0.1, 0.15) is 0 Å². The summed E-state index contributed by atoms with van der Waals surface area (Å²) in [7, 11) is 0. The third kappa shape index (κ3) is 5.11. The molecule has 0 radical (unpaired) electrons. The fourth-order valence-corrected chi connectivity index (χ4v) is 2.61. The van der Waals surface area contributed by atoms with E-state index in [0.29, 0.717) is 17.9 Å². The Labute approximate surface area is 117 Å². The predicted octanol–water partition coefficient (Wildman–Crippen LogP) is 1.37. The van der Waals surface area contributed by atoms with Crippen LogP contribution in [0.4, 0.5) is 0 Å². The van der Waals surface area contributed by atoms with Crippen molar-refractivity contribution in [2.24, 2.45) is 5.92 Å². The predicted molar refractivity (Wildman–Crippen MR) is 78.1 cm³/mol. The van der Waals surface area contributed by atoms with Crippen LogP contribution in [0.15, 0.2) is 0 Å². The third-order valence-corrected chi connectivity index (χ3v) is 3.95. The van der Waals surface area contributed by atoms with Crippen molar-refractivity contribution < 1.29 is 4.79 Å². The molecule has 2 fully saturated rings. The molecule has 0 unspecified atom stereocenters. The molecule has 0 bridgehead atoms. The number of nitrogens with one attached hydrogen (secondary N) is 2. The van der Waals surface area contributed by atoms with Crippen molar-refractivity contribution in [2.45, 2.75) is 58.0 Å². The number of rotatable bonds is 5. The largest absolute Gasteiger partial charge is 0.342 e. The summed E-state index contributed by atoms with van der Waals surface area (Å²) in [5.74, 6) is 0.786. The van der Waals surface area contributed by atoms with Crippen LogP contribution >= 0.6 is 0 Å². The minimum absolute atomic E-state index is 0.196. The molecule has 0 aromatic carbocycles. The summed E-state index contributed by atoms with van der Waals surface area (Å²) in [6, 6.07) is 0.588. The molecule has 0 atom stereocenters. The maximum Gasteiger partial charge on any atom is 0.225 e. The highest BCUT2D eigenvalue weighted by Gasteiger charge is 2.34. The minimum atomic E-state index is 0.196. The van der Waals surface area contributed by atoms with E-state index in [-0.39, 0.29) is 5.54 Å². The van der Waals surface area contributed by atoms with Crippen LogP contribution in [0.25, 0.3) is 0 Å². The number of piperidine rings is 1. The fourth-order valence-electron chi connectivity index (χ4n) is 2.61. The van der Waals surface area contributed by atoms with Gasteiger partial charge < -0.3 is 15.5 Å². The Bertz CT molecular complexity index is 299. The lowest BCUT2D eigenvalue weighted by atomic mass is 10.0. The van der Waals surface area contributed by atoms with Gasteiger partial charge in [0.05, 0.1) is 0 Å². The molecule has 1 aliphatic carbocycles. The first kappa shape index (κ1) is 14.8. The number of amides is 1. The molecule has 19 heavy (non-hydrogen) atoms. The van der Waals surface area contributed by atoms with Gasteiger partial charge in [0, 0.05) is 43.7 Å². The monoisotopic (exact) mass is 267 g/mol. The van der Waals surface area contributed by atoms with Gasteiger partial charge in [-0.3, -0.25) is 4.79 Å². The van der Waals surface area contributed by atoms with E-state index in [1.54, 1.807) is 0 Å². The van der Waals surface area contributed by atoms with Gasteiger partial charge in [0.15, 0.2) is 0 Å². The first-order chi connectivity index (χ1) is 8.96. The lowest BCUT2D eigenvalue weighted by Gasteiger charge is -2.33. The Morgan fingerprint density at radius 1 is 1.11 bits per heavy atom. The third-order valence-electron chi connectivity index (χ3n) is 3.95. The average molecular weight is 267 g/mol. The van der Waals surface area contributed by atoms with E-state index < -0.39 is 0 Å². The van der Waals surface area contributed by atoms with E-state index in [1.807, 2.05) is 0 Å². The van der Waals surface area contributed by atoms with E-state index in [1.165, 1.54) is 0 Å². The highest BCUT2D eigenvalue weighted by Crippen LogP contribution is 2.31. The molecule has 1 amide bonds. The number of nitrogens with zero attached hydrogens (tertiary/aromatic N) is 1. The van der Waals surface area contributed by atoms with Gasteiger partial charge in [-0.15, -0.1) is 0 Å². The molecule has 4 nitrogen and oxygen atoms in total. The molecule has 1 heterocycles. The molecular weight excluding hydrogens is 238 g/mol. The minimum Gasteiger partial charge on any atom is -0.342 e. The van der Waals surface area contributed by atoms with Crippen LogP contribution in [-0.2, 0) is 4.79 Å². The summed E-state index contributed by atoms with van der Waals surface area (Å²) in [4.78, 5) is 14.0. The van der Waals surface area contributed by atoms with Crippen LogP contribution in [0, 0.1) is 5.92 Å². The van der Waals surface area contributed by atoms with Gasteiger partial charge in [-0.2, -0.15) is 0 Å². The van der Waals surface area contributed by atoms with Crippen LogP contribution in [0.5, 0.6) is 0 Å².